The Bertz CT molecular complexity index is 1340. The number of thioether (sulfide) groups is 1. The van der Waals surface area contributed by atoms with Gasteiger partial charge in [0, 0.05) is 36.6 Å². The number of alkyl carbamates (subject to hydrolysis) is 1. The number of halogens is 3. The maximum absolute atomic E-state index is 14.5. The molecule has 40 heavy (non-hydrogen) atoms. The Labute approximate surface area is 235 Å². The van der Waals surface area contributed by atoms with Crippen LogP contribution in [0.4, 0.5) is 18.0 Å². The summed E-state index contributed by atoms with van der Waals surface area (Å²) in [6, 6.07) is 8.13. The van der Waals surface area contributed by atoms with E-state index in [1.807, 2.05) is 35.0 Å². The number of hydrogen-bond acceptors (Lipinski definition) is 5. The molecule has 214 valence electrons. The van der Waals surface area contributed by atoms with Gasteiger partial charge in [-0.15, -0.1) is 0 Å². The van der Waals surface area contributed by atoms with Gasteiger partial charge in [-0.05, 0) is 80.9 Å². The van der Waals surface area contributed by atoms with Crippen LogP contribution in [0, 0.1) is 17.5 Å². The van der Waals surface area contributed by atoms with Crippen LogP contribution in [0.1, 0.15) is 51.2 Å². The Balaban J connectivity index is 1.57. The van der Waals surface area contributed by atoms with Gasteiger partial charge in [0.2, 0.25) is 5.91 Å². The van der Waals surface area contributed by atoms with E-state index < -0.39 is 40.7 Å². The van der Waals surface area contributed by atoms with Crippen molar-refractivity contribution in [1.29, 1.82) is 0 Å². The first-order chi connectivity index (χ1) is 18.9. The van der Waals surface area contributed by atoms with Gasteiger partial charge >= 0.3 is 6.09 Å². The van der Waals surface area contributed by atoms with Crippen molar-refractivity contribution in [2.24, 2.45) is 0 Å². The SMILES string of the molecule is CC(C)(C)OC(=O)N[C@@H](CC(=O)NC1(c2cccc(-n3ccnc3)c2)CCSCC1)Cc1cc(F)c(F)cc1F. The molecule has 1 aromatic heterocycles. The molecule has 0 aliphatic carbocycles. The predicted octanol–water partition coefficient (Wildman–Crippen LogP) is 5.65. The smallest absolute Gasteiger partial charge is 0.407 e. The first kappa shape index (κ1) is 29.5. The van der Waals surface area contributed by atoms with Crippen molar-refractivity contribution in [3.63, 3.8) is 0 Å². The van der Waals surface area contributed by atoms with Crippen LogP contribution in [-0.2, 0) is 21.5 Å². The van der Waals surface area contributed by atoms with Crippen molar-refractivity contribution >= 4 is 23.8 Å². The number of carbonyl (C=O) groups excluding carboxylic acids is 2. The third-order valence-electron chi connectivity index (χ3n) is 6.63. The lowest BCUT2D eigenvalue weighted by Gasteiger charge is -2.39. The summed E-state index contributed by atoms with van der Waals surface area (Å²) in [4.78, 5) is 30.2. The zero-order chi connectivity index (χ0) is 28.9. The number of nitrogens with one attached hydrogen (secondary N) is 2. The number of ether oxygens (including phenoxy) is 1. The van der Waals surface area contributed by atoms with E-state index in [2.05, 4.69) is 15.6 Å². The van der Waals surface area contributed by atoms with E-state index in [1.165, 1.54) is 0 Å². The normalized spacial score (nSPS) is 15.8. The summed E-state index contributed by atoms with van der Waals surface area (Å²) in [7, 11) is 0. The number of benzene rings is 2. The lowest BCUT2D eigenvalue weighted by Crippen LogP contribution is -2.50. The van der Waals surface area contributed by atoms with Crippen LogP contribution in [0.15, 0.2) is 55.1 Å². The Kier molecular flexibility index (Phi) is 9.12. The number of nitrogens with zero attached hydrogens (tertiary/aromatic N) is 2. The van der Waals surface area contributed by atoms with Crippen molar-refractivity contribution < 1.29 is 27.5 Å². The van der Waals surface area contributed by atoms with E-state index in [-0.39, 0.29) is 24.3 Å². The molecule has 2 heterocycles. The molecule has 0 radical (unpaired) electrons. The quantitative estimate of drug-likeness (QED) is 0.340. The lowest BCUT2D eigenvalue weighted by molar-refractivity contribution is -0.123. The summed E-state index contributed by atoms with van der Waals surface area (Å²) in [5, 5.41) is 5.81. The minimum absolute atomic E-state index is 0.162. The molecule has 0 spiro atoms. The van der Waals surface area contributed by atoms with Gasteiger partial charge in [0.05, 0.1) is 11.9 Å². The van der Waals surface area contributed by atoms with E-state index in [1.54, 1.807) is 45.1 Å². The first-order valence-corrected chi connectivity index (χ1v) is 14.2. The summed E-state index contributed by atoms with van der Waals surface area (Å²) in [6.45, 7) is 5.06. The molecular formula is C29H33F3N4O3S. The summed E-state index contributed by atoms with van der Waals surface area (Å²) in [6.07, 6.45) is 5.34. The molecule has 11 heteroatoms. The van der Waals surface area contributed by atoms with Crippen LogP contribution in [0.25, 0.3) is 5.69 Å². The highest BCUT2D eigenvalue weighted by Gasteiger charge is 2.36. The number of amides is 2. The Hall–Kier alpha value is -3.47. The third-order valence-corrected chi connectivity index (χ3v) is 7.62. The number of rotatable bonds is 8. The molecule has 1 fully saturated rings. The van der Waals surface area contributed by atoms with Gasteiger partial charge in [-0.25, -0.2) is 22.9 Å². The Morgan fingerprint density at radius 2 is 1.82 bits per heavy atom. The second kappa shape index (κ2) is 12.4. The summed E-state index contributed by atoms with van der Waals surface area (Å²) < 4.78 is 49.1. The molecule has 2 aromatic carbocycles. The second-order valence-corrected chi connectivity index (χ2v) is 12.1. The summed E-state index contributed by atoms with van der Waals surface area (Å²) in [5.74, 6) is -2.18. The van der Waals surface area contributed by atoms with Crippen molar-refractivity contribution in [1.82, 2.24) is 20.2 Å². The largest absolute Gasteiger partial charge is 0.444 e. The van der Waals surface area contributed by atoms with Crippen LogP contribution in [0.2, 0.25) is 0 Å². The molecule has 2 amide bonds. The maximum Gasteiger partial charge on any atom is 0.407 e. The highest BCUT2D eigenvalue weighted by molar-refractivity contribution is 7.99. The average molecular weight is 575 g/mol. The maximum atomic E-state index is 14.5. The van der Waals surface area contributed by atoms with Crippen LogP contribution >= 0.6 is 11.8 Å². The fraction of sp³-hybridized carbons (Fsp3) is 0.414. The molecule has 1 aliphatic heterocycles. The highest BCUT2D eigenvalue weighted by atomic mass is 32.2. The van der Waals surface area contributed by atoms with Gasteiger partial charge in [0.1, 0.15) is 11.4 Å². The lowest BCUT2D eigenvalue weighted by atomic mass is 9.83. The Morgan fingerprint density at radius 1 is 1.10 bits per heavy atom. The highest BCUT2D eigenvalue weighted by Crippen LogP contribution is 2.37. The van der Waals surface area contributed by atoms with Crippen molar-refractivity contribution in [3.8, 4) is 5.69 Å². The van der Waals surface area contributed by atoms with E-state index in [9.17, 15) is 22.8 Å². The molecule has 1 atom stereocenters. The number of carbonyl (C=O) groups is 2. The van der Waals surface area contributed by atoms with Gasteiger partial charge in [0.15, 0.2) is 11.6 Å². The van der Waals surface area contributed by atoms with Gasteiger partial charge in [-0.3, -0.25) is 4.79 Å². The van der Waals surface area contributed by atoms with Crippen LogP contribution in [0.5, 0.6) is 0 Å². The fourth-order valence-corrected chi connectivity index (χ4v) is 5.95. The predicted molar refractivity (Wildman–Crippen MR) is 148 cm³/mol. The van der Waals surface area contributed by atoms with E-state index in [4.69, 9.17) is 4.74 Å². The van der Waals surface area contributed by atoms with Crippen molar-refractivity contribution in [2.75, 3.05) is 11.5 Å². The number of hydrogen-bond donors (Lipinski definition) is 2. The van der Waals surface area contributed by atoms with Gasteiger partial charge < -0.3 is 19.9 Å². The zero-order valence-corrected chi connectivity index (χ0v) is 23.5. The van der Waals surface area contributed by atoms with E-state index in [0.717, 1.165) is 28.8 Å². The standard InChI is InChI=1S/C29H33F3N4O3S/c1-28(2,3)39-27(38)34-21(13-19-14-24(31)25(32)17-23(19)30)16-26(37)35-29(7-11-40-12-8-29)20-5-4-6-22(15-20)36-10-9-33-18-36/h4-6,9-10,14-15,17-18,21H,7-8,11-13,16H2,1-3H3,(H,34,38)(H,35,37)/t21-/m1/s1. The second-order valence-electron chi connectivity index (χ2n) is 10.9. The van der Waals surface area contributed by atoms with Crippen molar-refractivity contribution in [2.45, 2.75) is 63.6 Å². The van der Waals surface area contributed by atoms with Gasteiger partial charge in [0.25, 0.3) is 0 Å². The molecule has 3 aromatic rings. The molecule has 0 bridgehead atoms. The van der Waals surface area contributed by atoms with Crippen LogP contribution in [0.3, 0.4) is 0 Å². The molecule has 7 nitrogen and oxygen atoms in total. The van der Waals surface area contributed by atoms with E-state index in [0.29, 0.717) is 18.9 Å². The van der Waals surface area contributed by atoms with Crippen LogP contribution in [-0.4, -0.2) is 44.7 Å². The minimum atomic E-state index is -1.31. The van der Waals surface area contributed by atoms with Crippen LogP contribution < -0.4 is 10.6 Å². The topological polar surface area (TPSA) is 85.2 Å². The molecule has 4 rings (SSSR count). The first-order valence-electron chi connectivity index (χ1n) is 13.0. The average Bonchev–Trinajstić information content (AvgIpc) is 3.42. The fourth-order valence-electron chi connectivity index (χ4n) is 4.76. The molecule has 0 unspecified atom stereocenters. The third kappa shape index (κ3) is 7.59. The number of imidazole rings is 1. The van der Waals surface area contributed by atoms with Gasteiger partial charge in [-0.1, -0.05) is 12.1 Å². The summed E-state index contributed by atoms with van der Waals surface area (Å²) in [5.41, 5.74) is 0.219. The molecule has 1 saturated heterocycles. The zero-order valence-electron chi connectivity index (χ0n) is 22.7. The molecule has 2 N–H and O–H groups in total. The molecule has 0 saturated carbocycles. The molecular weight excluding hydrogens is 541 g/mol. The van der Waals surface area contributed by atoms with Gasteiger partial charge in [-0.2, -0.15) is 11.8 Å². The monoisotopic (exact) mass is 574 g/mol. The summed E-state index contributed by atoms with van der Waals surface area (Å²) >= 11 is 1.81. The molecule has 1 aliphatic rings. The van der Waals surface area contributed by atoms with E-state index >= 15 is 0 Å². The number of aromatic nitrogens is 2. The minimum Gasteiger partial charge on any atom is -0.444 e. The van der Waals surface area contributed by atoms with Crippen molar-refractivity contribution in [3.05, 3.63) is 83.7 Å². The Morgan fingerprint density at radius 3 is 2.50 bits per heavy atom.